The number of rotatable bonds is 6. The SMILES string of the molecule is COc1cccc(F)c1-c1c(Cl)cc2c(N3CCN(C(=O)OC(C)(C)C)CC3)nc(N3CC(N4CCN(C5CC5)CC4)C3)nc2c1F. The molecular weight excluding hydrogens is 628 g/mol. The van der Waals surface area contributed by atoms with E-state index in [1.54, 1.807) is 17.0 Å². The standard InChI is InChI=1S/C34H42ClF2N7O3/c1-34(2,3)47-33(45)43-16-14-42(15-17-43)31-23-18-24(35)27(28-25(36)6-5-7-26(28)46-4)29(37)30(23)38-32(39-31)44-19-22(20-44)41-12-10-40(11-13-41)21-8-9-21/h5-7,18,21-22H,8-17,19-20H2,1-4H3. The van der Waals surface area contributed by atoms with Crippen molar-refractivity contribution in [3.05, 3.63) is 40.9 Å². The highest BCUT2D eigenvalue weighted by Crippen LogP contribution is 2.43. The van der Waals surface area contributed by atoms with E-state index in [4.69, 9.17) is 31.0 Å². The molecule has 0 unspecified atom stereocenters. The Balaban J connectivity index is 1.21. The fourth-order valence-electron chi connectivity index (χ4n) is 6.88. The summed E-state index contributed by atoms with van der Waals surface area (Å²) in [5.74, 6) is -0.262. The smallest absolute Gasteiger partial charge is 0.410 e. The summed E-state index contributed by atoms with van der Waals surface area (Å²) in [6.45, 7) is 13.0. The van der Waals surface area contributed by atoms with E-state index in [2.05, 4.69) is 14.7 Å². The van der Waals surface area contributed by atoms with Crippen molar-refractivity contribution in [3.8, 4) is 16.9 Å². The molecule has 4 fully saturated rings. The van der Waals surface area contributed by atoms with Crippen molar-refractivity contribution in [2.45, 2.75) is 51.3 Å². The van der Waals surface area contributed by atoms with Gasteiger partial charge in [0, 0.05) is 88.5 Å². The zero-order valence-corrected chi connectivity index (χ0v) is 28.2. The Morgan fingerprint density at radius 2 is 1.55 bits per heavy atom. The molecule has 1 saturated carbocycles. The number of hydrogen-bond donors (Lipinski definition) is 0. The average molecular weight is 670 g/mol. The molecule has 4 heterocycles. The molecule has 1 aliphatic carbocycles. The second kappa shape index (κ2) is 12.5. The molecular formula is C34H42ClF2N7O3. The van der Waals surface area contributed by atoms with E-state index in [9.17, 15) is 4.79 Å². The highest BCUT2D eigenvalue weighted by molar-refractivity contribution is 6.34. The summed E-state index contributed by atoms with van der Waals surface area (Å²) in [6, 6.07) is 7.10. The quantitative estimate of drug-likeness (QED) is 0.349. The topological polar surface area (TPSA) is 77.5 Å². The summed E-state index contributed by atoms with van der Waals surface area (Å²) < 4.78 is 42.9. The molecule has 13 heteroatoms. The number of amides is 1. The first-order valence-electron chi connectivity index (χ1n) is 16.5. The predicted molar refractivity (Wildman–Crippen MR) is 179 cm³/mol. The third-order valence-electron chi connectivity index (χ3n) is 9.60. The number of anilines is 2. The van der Waals surface area contributed by atoms with Crippen LogP contribution in [0.15, 0.2) is 24.3 Å². The summed E-state index contributed by atoms with van der Waals surface area (Å²) in [4.78, 5) is 33.4. The zero-order chi connectivity index (χ0) is 33.0. The van der Waals surface area contributed by atoms with Gasteiger partial charge in [-0.3, -0.25) is 9.80 Å². The minimum Gasteiger partial charge on any atom is -0.496 e. The molecule has 3 aliphatic heterocycles. The maximum atomic E-state index is 16.7. The lowest BCUT2D eigenvalue weighted by Crippen LogP contribution is -2.63. The minimum atomic E-state index is -0.735. The van der Waals surface area contributed by atoms with E-state index >= 15 is 8.78 Å². The number of benzene rings is 2. The van der Waals surface area contributed by atoms with E-state index in [1.807, 2.05) is 25.7 Å². The summed E-state index contributed by atoms with van der Waals surface area (Å²) in [5, 5.41) is 0.451. The first-order chi connectivity index (χ1) is 22.5. The van der Waals surface area contributed by atoms with Crippen LogP contribution in [0.2, 0.25) is 5.02 Å². The number of fused-ring (bicyclic) bond motifs is 1. The van der Waals surface area contributed by atoms with Crippen molar-refractivity contribution in [1.29, 1.82) is 0 Å². The van der Waals surface area contributed by atoms with Gasteiger partial charge in [0.2, 0.25) is 5.95 Å². The Kier molecular flexibility index (Phi) is 8.55. The third kappa shape index (κ3) is 6.39. The van der Waals surface area contributed by atoms with E-state index in [1.165, 1.54) is 32.1 Å². The van der Waals surface area contributed by atoms with Gasteiger partial charge in [-0.05, 0) is 51.8 Å². The lowest BCUT2D eigenvalue weighted by Gasteiger charge is -2.48. The van der Waals surface area contributed by atoms with Crippen LogP contribution in [0, 0.1) is 11.6 Å². The van der Waals surface area contributed by atoms with Gasteiger partial charge in [0.15, 0.2) is 5.82 Å². The number of hydrogen-bond acceptors (Lipinski definition) is 9. The number of methoxy groups -OCH3 is 1. The van der Waals surface area contributed by atoms with Gasteiger partial charge in [-0.25, -0.2) is 18.6 Å². The van der Waals surface area contributed by atoms with E-state index in [0.29, 0.717) is 49.4 Å². The number of piperazine rings is 2. The molecule has 2 aromatic carbocycles. The number of carbonyl (C=O) groups is 1. The van der Waals surface area contributed by atoms with Gasteiger partial charge in [0.05, 0.1) is 17.7 Å². The molecule has 1 aromatic heterocycles. The monoisotopic (exact) mass is 669 g/mol. The summed E-state index contributed by atoms with van der Waals surface area (Å²) in [6.07, 6.45) is 2.27. The van der Waals surface area contributed by atoms with Gasteiger partial charge in [0.1, 0.15) is 28.5 Å². The second-order valence-electron chi connectivity index (χ2n) is 13.9. The molecule has 3 aromatic rings. The fourth-order valence-corrected chi connectivity index (χ4v) is 7.17. The van der Waals surface area contributed by atoms with Gasteiger partial charge < -0.3 is 24.2 Å². The fraction of sp³-hybridized carbons (Fsp3) is 0.559. The first-order valence-corrected chi connectivity index (χ1v) is 16.9. The largest absolute Gasteiger partial charge is 0.496 e. The number of nitrogens with zero attached hydrogens (tertiary/aromatic N) is 7. The molecule has 1 amide bonds. The van der Waals surface area contributed by atoms with Crippen molar-refractivity contribution in [3.63, 3.8) is 0 Å². The summed E-state index contributed by atoms with van der Waals surface area (Å²) >= 11 is 6.74. The summed E-state index contributed by atoms with van der Waals surface area (Å²) in [7, 11) is 1.41. The maximum absolute atomic E-state index is 16.7. The van der Waals surface area contributed by atoms with E-state index in [0.717, 1.165) is 45.3 Å². The van der Waals surface area contributed by atoms with Crippen LogP contribution in [-0.4, -0.2) is 121 Å². The Labute approximate surface area is 279 Å². The lowest BCUT2D eigenvalue weighted by atomic mass is 10.0. The van der Waals surface area contributed by atoms with E-state index < -0.39 is 17.2 Å². The zero-order valence-electron chi connectivity index (χ0n) is 27.4. The molecule has 252 valence electrons. The lowest BCUT2D eigenvalue weighted by molar-refractivity contribution is 0.0240. The molecule has 7 rings (SSSR count). The summed E-state index contributed by atoms with van der Waals surface area (Å²) in [5.41, 5.74) is -0.694. The number of halogens is 3. The van der Waals surface area contributed by atoms with Gasteiger partial charge >= 0.3 is 6.09 Å². The number of ether oxygens (including phenoxy) is 2. The van der Waals surface area contributed by atoms with Gasteiger partial charge in [-0.2, -0.15) is 4.98 Å². The van der Waals surface area contributed by atoms with Gasteiger partial charge in [0.25, 0.3) is 0 Å². The molecule has 0 bridgehead atoms. The predicted octanol–water partition coefficient (Wildman–Crippen LogP) is 5.26. The average Bonchev–Trinajstić information content (AvgIpc) is 3.87. The Hall–Kier alpha value is -3.48. The van der Waals surface area contributed by atoms with E-state index in [-0.39, 0.29) is 33.5 Å². The molecule has 0 atom stereocenters. The molecule has 10 nitrogen and oxygen atoms in total. The molecule has 47 heavy (non-hydrogen) atoms. The minimum absolute atomic E-state index is 0.0257. The Morgan fingerprint density at radius 3 is 2.17 bits per heavy atom. The maximum Gasteiger partial charge on any atom is 0.410 e. The van der Waals surface area contributed by atoms with Crippen molar-refractivity contribution in [1.82, 2.24) is 24.7 Å². The van der Waals surface area contributed by atoms with Crippen LogP contribution < -0.4 is 14.5 Å². The van der Waals surface area contributed by atoms with Crippen molar-refractivity contribution in [2.24, 2.45) is 0 Å². The van der Waals surface area contributed by atoms with Crippen LogP contribution in [0.5, 0.6) is 5.75 Å². The number of aromatic nitrogens is 2. The Bertz CT molecular complexity index is 1660. The van der Waals surface area contributed by atoms with Crippen LogP contribution in [-0.2, 0) is 4.74 Å². The molecule has 4 aliphatic rings. The van der Waals surface area contributed by atoms with Crippen molar-refractivity contribution >= 4 is 40.4 Å². The van der Waals surface area contributed by atoms with Crippen LogP contribution >= 0.6 is 11.6 Å². The first kappa shape index (κ1) is 32.1. The molecule has 0 spiro atoms. The molecule has 0 N–H and O–H groups in total. The number of carbonyl (C=O) groups excluding carboxylic acids is 1. The third-order valence-corrected chi connectivity index (χ3v) is 9.90. The second-order valence-corrected chi connectivity index (χ2v) is 14.3. The highest BCUT2D eigenvalue weighted by atomic mass is 35.5. The van der Waals surface area contributed by atoms with Gasteiger partial charge in [-0.1, -0.05) is 17.7 Å². The van der Waals surface area contributed by atoms with Crippen LogP contribution in [0.4, 0.5) is 25.3 Å². The highest BCUT2D eigenvalue weighted by Gasteiger charge is 2.38. The van der Waals surface area contributed by atoms with Crippen LogP contribution in [0.25, 0.3) is 22.0 Å². The molecule has 0 radical (unpaired) electrons. The molecule has 3 saturated heterocycles. The van der Waals surface area contributed by atoms with Crippen molar-refractivity contribution in [2.75, 3.05) is 82.4 Å². The van der Waals surface area contributed by atoms with Crippen LogP contribution in [0.3, 0.4) is 0 Å². The Morgan fingerprint density at radius 1 is 0.894 bits per heavy atom. The normalized spacial score (nSPS) is 20.1. The van der Waals surface area contributed by atoms with Crippen LogP contribution in [0.1, 0.15) is 33.6 Å². The van der Waals surface area contributed by atoms with Crippen molar-refractivity contribution < 1.29 is 23.0 Å². The van der Waals surface area contributed by atoms with Gasteiger partial charge in [-0.15, -0.1) is 0 Å².